The van der Waals surface area contributed by atoms with Gasteiger partial charge < -0.3 is 10.2 Å². The van der Waals surface area contributed by atoms with Crippen LogP contribution in [-0.4, -0.2) is 58.7 Å². The topological polar surface area (TPSA) is 52.7 Å². The van der Waals surface area contributed by atoms with Gasteiger partial charge >= 0.3 is 0 Å². The van der Waals surface area contributed by atoms with Crippen molar-refractivity contribution < 1.29 is 9.59 Å². The van der Waals surface area contributed by atoms with Crippen LogP contribution >= 0.6 is 15.9 Å². The highest BCUT2D eigenvalue weighted by molar-refractivity contribution is 9.10. The van der Waals surface area contributed by atoms with Crippen molar-refractivity contribution in [1.82, 2.24) is 9.80 Å². The number of nitrogens with one attached hydrogen (secondary N) is 1. The number of carbonyl (C=O) groups excluding carboxylic acids is 2. The Hall–Kier alpha value is -1.40. The van der Waals surface area contributed by atoms with Crippen LogP contribution in [0.2, 0.25) is 0 Å². The summed E-state index contributed by atoms with van der Waals surface area (Å²) in [6.07, 6.45) is 8.41. The quantitative estimate of drug-likeness (QED) is 0.659. The van der Waals surface area contributed by atoms with E-state index < -0.39 is 0 Å². The van der Waals surface area contributed by atoms with Gasteiger partial charge in [-0.2, -0.15) is 0 Å². The number of piperazine rings is 1. The van der Waals surface area contributed by atoms with Crippen LogP contribution < -0.4 is 5.32 Å². The smallest absolute Gasteiger partial charge is 0.238 e. The molecule has 6 heteroatoms. The van der Waals surface area contributed by atoms with Gasteiger partial charge in [0.15, 0.2) is 0 Å². The average Bonchev–Trinajstić information content (AvgIpc) is 2.67. The van der Waals surface area contributed by atoms with E-state index in [0.29, 0.717) is 16.8 Å². The van der Waals surface area contributed by atoms with E-state index in [1.807, 2.05) is 35.2 Å². The number of halogens is 1. The highest BCUT2D eigenvalue weighted by Crippen LogP contribution is 2.65. The van der Waals surface area contributed by atoms with E-state index >= 15 is 0 Å². The van der Waals surface area contributed by atoms with Gasteiger partial charge in [-0.3, -0.25) is 14.5 Å². The lowest BCUT2D eigenvalue weighted by Gasteiger charge is -2.60. The molecule has 162 valence electrons. The normalized spacial score (nSPS) is 35.4. The lowest BCUT2D eigenvalue weighted by Crippen LogP contribution is -2.55. The number of amides is 2. The molecule has 1 aromatic carbocycles. The number of benzene rings is 1. The Balaban J connectivity index is 1.11. The average molecular weight is 474 g/mol. The SMILES string of the molecule is O=C(CN1CCN(C(=O)CC23CC4CC(CC(Br)(C4)C2)C3)CC1)Nc1ccccc1. The Bertz CT molecular complexity index is 792. The first-order valence-corrected chi connectivity index (χ1v) is 12.2. The summed E-state index contributed by atoms with van der Waals surface area (Å²) in [5.41, 5.74) is 1.06. The van der Waals surface area contributed by atoms with E-state index in [4.69, 9.17) is 0 Å². The fraction of sp³-hybridized carbons (Fsp3) is 0.667. The van der Waals surface area contributed by atoms with Crippen LogP contribution in [0, 0.1) is 17.3 Å². The molecule has 0 aromatic heterocycles. The molecule has 4 bridgehead atoms. The van der Waals surface area contributed by atoms with Gasteiger partial charge in [0, 0.05) is 42.6 Å². The van der Waals surface area contributed by atoms with E-state index in [0.717, 1.165) is 50.1 Å². The zero-order chi connectivity index (χ0) is 20.8. The molecule has 0 radical (unpaired) electrons. The Kier molecular flexibility index (Phi) is 5.42. The van der Waals surface area contributed by atoms with Crippen LogP contribution in [0.4, 0.5) is 5.69 Å². The number of rotatable bonds is 5. The lowest BCUT2D eigenvalue weighted by molar-refractivity contribution is -0.140. The number of anilines is 1. The number of alkyl halides is 1. The number of nitrogens with zero attached hydrogens (tertiary/aromatic N) is 2. The monoisotopic (exact) mass is 473 g/mol. The summed E-state index contributed by atoms with van der Waals surface area (Å²) in [6, 6.07) is 9.57. The van der Waals surface area contributed by atoms with Crippen molar-refractivity contribution in [2.75, 3.05) is 38.0 Å². The van der Waals surface area contributed by atoms with Gasteiger partial charge in [-0.1, -0.05) is 34.1 Å². The van der Waals surface area contributed by atoms with Crippen LogP contribution in [0.1, 0.15) is 44.9 Å². The molecule has 5 aliphatic rings. The van der Waals surface area contributed by atoms with Crippen molar-refractivity contribution in [1.29, 1.82) is 0 Å². The summed E-state index contributed by atoms with van der Waals surface area (Å²) in [4.78, 5) is 29.7. The van der Waals surface area contributed by atoms with Crippen LogP contribution in [0.25, 0.3) is 0 Å². The standard InChI is InChI=1S/C24H32BrN3O2/c25-24-13-18-10-19(14-24)12-23(11-18,17-24)15-22(30)28-8-6-27(7-9-28)16-21(29)26-20-4-2-1-3-5-20/h1-5,18-19H,6-17H2,(H,26,29). The predicted molar refractivity (Wildman–Crippen MR) is 121 cm³/mol. The molecule has 2 amide bonds. The fourth-order valence-corrected chi connectivity index (χ4v) is 8.57. The molecule has 30 heavy (non-hydrogen) atoms. The summed E-state index contributed by atoms with van der Waals surface area (Å²) in [7, 11) is 0. The second kappa shape index (κ2) is 7.94. The van der Waals surface area contributed by atoms with Gasteiger partial charge in [0.1, 0.15) is 0 Å². The minimum atomic E-state index is 0.0113. The first-order valence-electron chi connectivity index (χ1n) is 11.4. The first kappa shape index (κ1) is 20.5. The minimum Gasteiger partial charge on any atom is -0.340 e. The van der Waals surface area contributed by atoms with Gasteiger partial charge in [-0.15, -0.1) is 0 Å². The van der Waals surface area contributed by atoms with Crippen LogP contribution in [0.3, 0.4) is 0 Å². The Morgan fingerprint density at radius 2 is 1.67 bits per heavy atom. The second-order valence-corrected chi connectivity index (χ2v) is 12.0. The van der Waals surface area contributed by atoms with Crippen molar-refractivity contribution in [3.63, 3.8) is 0 Å². The molecule has 1 aliphatic heterocycles. The fourth-order valence-electron chi connectivity index (χ4n) is 7.06. The van der Waals surface area contributed by atoms with Gasteiger partial charge in [0.05, 0.1) is 6.54 Å². The third-order valence-corrected chi connectivity index (χ3v) is 8.71. The summed E-state index contributed by atoms with van der Waals surface area (Å²) in [5.74, 6) is 1.98. The highest BCUT2D eigenvalue weighted by atomic mass is 79.9. The largest absolute Gasteiger partial charge is 0.340 e. The van der Waals surface area contributed by atoms with Crippen LogP contribution in [0.5, 0.6) is 0 Å². The molecule has 2 unspecified atom stereocenters. The predicted octanol–water partition coefficient (Wildman–Crippen LogP) is 3.89. The minimum absolute atomic E-state index is 0.0113. The van der Waals surface area contributed by atoms with Crippen molar-refractivity contribution in [3.05, 3.63) is 30.3 Å². The molecular formula is C24H32BrN3O2. The number of para-hydroxylation sites is 1. The molecule has 5 nitrogen and oxygen atoms in total. The summed E-state index contributed by atoms with van der Waals surface area (Å²) < 4.78 is 0.308. The zero-order valence-corrected chi connectivity index (χ0v) is 19.2. The van der Waals surface area contributed by atoms with Crippen LogP contribution in [-0.2, 0) is 9.59 Å². The first-order chi connectivity index (χ1) is 14.4. The molecule has 1 N–H and O–H groups in total. The van der Waals surface area contributed by atoms with E-state index in [2.05, 4.69) is 26.1 Å². The molecular weight excluding hydrogens is 442 g/mol. The number of hydrogen-bond acceptors (Lipinski definition) is 3. The molecule has 1 heterocycles. The van der Waals surface area contributed by atoms with Gasteiger partial charge in [-0.05, 0) is 67.9 Å². The van der Waals surface area contributed by atoms with E-state index in [-0.39, 0.29) is 11.3 Å². The summed E-state index contributed by atoms with van der Waals surface area (Å²) in [5, 5.41) is 2.95. The van der Waals surface area contributed by atoms with Crippen molar-refractivity contribution >= 4 is 33.4 Å². The van der Waals surface area contributed by atoms with Gasteiger partial charge in [0.2, 0.25) is 11.8 Å². The molecule has 1 aromatic rings. The van der Waals surface area contributed by atoms with E-state index in [1.165, 1.54) is 38.5 Å². The summed E-state index contributed by atoms with van der Waals surface area (Å²) >= 11 is 4.06. The summed E-state index contributed by atoms with van der Waals surface area (Å²) in [6.45, 7) is 3.40. The Morgan fingerprint density at radius 3 is 2.30 bits per heavy atom. The molecule has 4 aliphatic carbocycles. The molecule has 6 rings (SSSR count). The van der Waals surface area contributed by atoms with Crippen molar-refractivity contribution in [3.8, 4) is 0 Å². The Labute approximate surface area is 187 Å². The highest BCUT2D eigenvalue weighted by Gasteiger charge is 2.57. The number of carbonyl (C=O) groups is 2. The van der Waals surface area contributed by atoms with Gasteiger partial charge in [-0.25, -0.2) is 0 Å². The van der Waals surface area contributed by atoms with Crippen molar-refractivity contribution in [2.24, 2.45) is 17.3 Å². The Morgan fingerprint density at radius 1 is 1.00 bits per heavy atom. The van der Waals surface area contributed by atoms with Crippen LogP contribution in [0.15, 0.2) is 30.3 Å². The number of hydrogen-bond donors (Lipinski definition) is 1. The third kappa shape index (κ3) is 4.31. The molecule has 2 atom stereocenters. The van der Waals surface area contributed by atoms with E-state index in [1.54, 1.807) is 0 Å². The lowest BCUT2D eigenvalue weighted by atomic mass is 9.48. The zero-order valence-electron chi connectivity index (χ0n) is 17.6. The molecule has 0 spiro atoms. The maximum atomic E-state index is 13.2. The third-order valence-electron chi connectivity index (χ3n) is 7.79. The molecule has 1 saturated heterocycles. The van der Waals surface area contributed by atoms with Crippen molar-refractivity contribution in [2.45, 2.75) is 49.3 Å². The second-order valence-electron chi connectivity index (χ2n) is 10.4. The molecule has 5 fully saturated rings. The maximum Gasteiger partial charge on any atom is 0.238 e. The molecule has 4 saturated carbocycles. The van der Waals surface area contributed by atoms with Gasteiger partial charge in [0.25, 0.3) is 0 Å². The maximum absolute atomic E-state index is 13.2. The van der Waals surface area contributed by atoms with E-state index in [9.17, 15) is 9.59 Å².